The van der Waals surface area contributed by atoms with Crippen molar-refractivity contribution in [1.29, 1.82) is 0 Å². The SMILES string of the molecule is O=C(Oc1cc(I)c(S(=O)(=O)[O-])c(I)c1)c1ccc(Br)cc1C(F)(F)F. The van der Waals surface area contributed by atoms with E-state index in [2.05, 4.69) is 15.9 Å². The van der Waals surface area contributed by atoms with Crippen LogP contribution in [0, 0.1) is 7.14 Å². The maximum Gasteiger partial charge on any atom is 0.417 e. The van der Waals surface area contributed by atoms with Gasteiger partial charge in [-0.2, -0.15) is 13.2 Å². The summed E-state index contributed by atoms with van der Waals surface area (Å²) in [6.45, 7) is 0. The molecule has 0 aromatic heterocycles. The lowest BCUT2D eigenvalue weighted by Crippen LogP contribution is -2.17. The minimum Gasteiger partial charge on any atom is -0.744 e. The summed E-state index contributed by atoms with van der Waals surface area (Å²) in [6.07, 6.45) is -4.78. The van der Waals surface area contributed by atoms with Crippen LogP contribution in [0.25, 0.3) is 0 Å². The molecule has 0 aliphatic heterocycles. The van der Waals surface area contributed by atoms with E-state index >= 15 is 0 Å². The first-order valence-electron chi connectivity index (χ1n) is 6.34. The van der Waals surface area contributed by atoms with Gasteiger partial charge < -0.3 is 9.29 Å². The van der Waals surface area contributed by atoms with Gasteiger partial charge in [-0.3, -0.25) is 0 Å². The summed E-state index contributed by atoms with van der Waals surface area (Å²) in [4.78, 5) is 11.7. The normalized spacial score (nSPS) is 12.1. The van der Waals surface area contributed by atoms with Gasteiger partial charge in [-0.05, 0) is 75.5 Å². The van der Waals surface area contributed by atoms with Crippen molar-refractivity contribution in [2.75, 3.05) is 0 Å². The maximum atomic E-state index is 13.1. The standard InChI is InChI=1S/C14H6BrF3I2O5S/c15-6-1-2-8(9(3-6)14(16,17)18)13(21)25-7-4-10(19)12(11(20)5-7)26(22,23)24/h1-5H,(H,22,23,24)/p-1. The molecule has 140 valence electrons. The van der Waals surface area contributed by atoms with E-state index in [-0.39, 0.29) is 17.4 Å². The molecule has 0 saturated carbocycles. The van der Waals surface area contributed by atoms with E-state index in [4.69, 9.17) is 4.74 Å². The first kappa shape index (κ1) is 21.8. The number of hydrogen-bond acceptors (Lipinski definition) is 5. The van der Waals surface area contributed by atoms with Gasteiger partial charge in [0.25, 0.3) is 0 Å². The largest absolute Gasteiger partial charge is 0.744 e. The predicted molar refractivity (Wildman–Crippen MR) is 104 cm³/mol. The van der Waals surface area contributed by atoms with Gasteiger partial charge in [-0.25, -0.2) is 13.2 Å². The molecule has 2 aromatic carbocycles. The Balaban J connectivity index is 2.44. The number of ether oxygens (including phenoxy) is 1. The molecule has 2 rings (SSSR count). The van der Waals surface area contributed by atoms with Crippen molar-refractivity contribution in [2.45, 2.75) is 11.1 Å². The molecular formula is C14H5BrF3I2O5S-. The summed E-state index contributed by atoms with van der Waals surface area (Å²) in [5, 5.41) is 0. The molecule has 0 unspecified atom stereocenters. The molecule has 0 N–H and O–H groups in total. The minimum absolute atomic E-state index is 0.0147. The zero-order valence-corrected chi connectivity index (χ0v) is 18.8. The number of carbonyl (C=O) groups is 1. The highest BCUT2D eigenvalue weighted by molar-refractivity contribution is 14.1. The third-order valence-electron chi connectivity index (χ3n) is 2.94. The van der Waals surface area contributed by atoms with Crippen LogP contribution in [0.1, 0.15) is 15.9 Å². The van der Waals surface area contributed by atoms with Crippen molar-refractivity contribution in [3.8, 4) is 5.75 Å². The first-order valence-corrected chi connectivity index (χ1v) is 10.7. The highest BCUT2D eigenvalue weighted by Gasteiger charge is 2.36. The van der Waals surface area contributed by atoms with E-state index in [1.54, 1.807) is 45.2 Å². The zero-order valence-electron chi connectivity index (χ0n) is 12.1. The van der Waals surface area contributed by atoms with Crippen molar-refractivity contribution in [2.24, 2.45) is 0 Å². The second-order valence-corrected chi connectivity index (χ2v) is 9.30. The molecule has 5 nitrogen and oxygen atoms in total. The second-order valence-electron chi connectivity index (χ2n) is 4.75. The average molecular weight is 676 g/mol. The van der Waals surface area contributed by atoms with Crippen molar-refractivity contribution in [3.05, 3.63) is 53.1 Å². The lowest BCUT2D eigenvalue weighted by Gasteiger charge is -2.15. The molecule has 0 radical (unpaired) electrons. The monoisotopic (exact) mass is 675 g/mol. The van der Waals surface area contributed by atoms with Gasteiger partial charge in [0.15, 0.2) is 0 Å². The van der Waals surface area contributed by atoms with Gasteiger partial charge in [0.2, 0.25) is 0 Å². The summed E-state index contributed by atoms with van der Waals surface area (Å²) in [5.74, 6) is -1.46. The number of halogens is 6. The minimum atomic E-state index is -4.78. The molecule has 0 spiro atoms. The number of benzene rings is 2. The molecule has 26 heavy (non-hydrogen) atoms. The lowest BCUT2D eigenvalue weighted by molar-refractivity contribution is -0.138. The summed E-state index contributed by atoms with van der Waals surface area (Å²) in [6, 6.07) is 5.13. The Labute approximate surface area is 181 Å². The predicted octanol–water partition coefficient (Wildman–Crippen LogP) is 4.80. The molecule has 0 aliphatic carbocycles. The summed E-state index contributed by atoms with van der Waals surface area (Å²) in [7, 11) is -4.75. The van der Waals surface area contributed by atoms with Crippen LogP contribution in [0.15, 0.2) is 39.7 Å². The Bertz CT molecular complexity index is 970. The summed E-state index contributed by atoms with van der Waals surface area (Å²) < 4.78 is 78.0. The molecule has 0 bridgehead atoms. The van der Waals surface area contributed by atoms with Crippen LogP contribution < -0.4 is 4.74 Å². The van der Waals surface area contributed by atoms with Gasteiger partial charge in [0.1, 0.15) is 15.9 Å². The van der Waals surface area contributed by atoms with Gasteiger partial charge in [0.05, 0.1) is 16.0 Å². The van der Waals surface area contributed by atoms with Crippen LogP contribution in [-0.2, 0) is 16.3 Å². The number of carbonyl (C=O) groups excluding carboxylic acids is 1. The van der Waals surface area contributed by atoms with E-state index in [1.807, 2.05) is 0 Å². The van der Waals surface area contributed by atoms with Crippen molar-refractivity contribution >= 4 is 77.2 Å². The fourth-order valence-electron chi connectivity index (χ4n) is 1.93. The number of rotatable bonds is 3. The van der Waals surface area contributed by atoms with E-state index in [9.17, 15) is 30.9 Å². The van der Waals surface area contributed by atoms with E-state index in [1.165, 1.54) is 6.07 Å². The third kappa shape index (κ3) is 5.08. The smallest absolute Gasteiger partial charge is 0.417 e. The van der Waals surface area contributed by atoms with Crippen molar-refractivity contribution in [3.63, 3.8) is 0 Å². The molecular weight excluding hydrogens is 671 g/mol. The Kier molecular flexibility index (Phi) is 6.63. The molecule has 0 amide bonds. The van der Waals surface area contributed by atoms with Gasteiger partial charge in [0, 0.05) is 11.6 Å². The molecule has 2 aromatic rings. The topological polar surface area (TPSA) is 83.5 Å². The van der Waals surface area contributed by atoms with E-state index in [0.717, 1.165) is 24.3 Å². The Morgan fingerprint density at radius 2 is 1.65 bits per heavy atom. The molecule has 0 saturated heterocycles. The molecule has 0 fully saturated rings. The highest BCUT2D eigenvalue weighted by Crippen LogP contribution is 2.35. The van der Waals surface area contributed by atoms with Crippen LogP contribution in [-0.4, -0.2) is 18.9 Å². The number of esters is 1. The maximum absolute atomic E-state index is 13.1. The average Bonchev–Trinajstić information content (AvgIpc) is 2.43. The Hall–Kier alpha value is -0.450. The third-order valence-corrected chi connectivity index (χ3v) is 6.81. The lowest BCUT2D eigenvalue weighted by atomic mass is 10.1. The second kappa shape index (κ2) is 7.89. The van der Waals surface area contributed by atoms with Crippen LogP contribution in [0.5, 0.6) is 5.75 Å². The fraction of sp³-hybridized carbons (Fsp3) is 0.0714. The summed E-state index contributed by atoms with van der Waals surface area (Å²) >= 11 is 6.03. The first-order chi connectivity index (χ1) is 11.8. The van der Waals surface area contributed by atoms with Crippen LogP contribution in [0.4, 0.5) is 13.2 Å². The van der Waals surface area contributed by atoms with Crippen molar-refractivity contribution < 1.29 is 35.7 Å². The van der Waals surface area contributed by atoms with Gasteiger partial charge >= 0.3 is 12.1 Å². The Morgan fingerprint density at radius 3 is 2.12 bits per heavy atom. The van der Waals surface area contributed by atoms with Gasteiger partial charge in [-0.1, -0.05) is 15.9 Å². The highest BCUT2D eigenvalue weighted by atomic mass is 127. The van der Waals surface area contributed by atoms with E-state index < -0.39 is 38.3 Å². The number of hydrogen-bond donors (Lipinski definition) is 0. The summed E-state index contributed by atoms with van der Waals surface area (Å²) in [5.41, 5.74) is -1.88. The molecule has 0 heterocycles. The zero-order chi connectivity index (χ0) is 19.9. The quantitative estimate of drug-likeness (QED) is 0.202. The van der Waals surface area contributed by atoms with Crippen LogP contribution in [0.2, 0.25) is 0 Å². The Morgan fingerprint density at radius 1 is 1.12 bits per heavy atom. The molecule has 12 heteroatoms. The molecule has 0 aliphatic rings. The number of alkyl halides is 3. The van der Waals surface area contributed by atoms with Crippen molar-refractivity contribution in [1.82, 2.24) is 0 Å². The fourth-order valence-corrected chi connectivity index (χ4v) is 6.21. The molecule has 0 atom stereocenters. The van der Waals surface area contributed by atoms with Gasteiger partial charge in [-0.15, -0.1) is 0 Å². The van der Waals surface area contributed by atoms with Crippen LogP contribution in [0.3, 0.4) is 0 Å². The van der Waals surface area contributed by atoms with Crippen LogP contribution >= 0.6 is 61.1 Å². The van der Waals surface area contributed by atoms with E-state index in [0.29, 0.717) is 0 Å².